The summed E-state index contributed by atoms with van der Waals surface area (Å²) in [4.78, 5) is 0. The Morgan fingerprint density at radius 3 is 2.65 bits per heavy atom. The van der Waals surface area contributed by atoms with Crippen molar-refractivity contribution >= 4 is 17.3 Å². The zero-order valence-electron chi connectivity index (χ0n) is 11.3. The van der Waals surface area contributed by atoms with Gasteiger partial charge in [0.1, 0.15) is 5.72 Å². The van der Waals surface area contributed by atoms with Crippen LogP contribution >= 0.6 is 11.6 Å². The highest BCUT2D eigenvalue weighted by molar-refractivity contribution is 6.30. The Morgan fingerprint density at radius 1 is 1.10 bits per heavy atom. The summed E-state index contributed by atoms with van der Waals surface area (Å²) in [6.45, 7) is 2.91. The lowest BCUT2D eigenvalue weighted by Gasteiger charge is -2.37. The van der Waals surface area contributed by atoms with E-state index in [4.69, 9.17) is 16.3 Å². The van der Waals surface area contributed by atoms with Crippen LogP contribution in [0.4, 0.5) is 5.69 Å². The van der Waals surface area contributed by atoms with Crippen LogP contribution in [0.3, 0.4) is 0 Å². The van der Waals surface area contributed by atoms with Gasteiger partial charge in [-0.1, -0.05) is 41.9 Å². The quantitative estimate of drug-likeness (QED) is 0.848. The van der Waals surface area contributed by atoms with Gasteiger partial charge in [0.15, 0.2) is 0 Å². The Labute approximate surface area is 123 Å². The van der Waals surface area contributed by atoms with Gasteiger partial charge in [0, 0.05) is 10.7 Å². The zero-order chi connectivity index (χ0) is 13.8. The summed E-state index contributed by atoms with van der Waals surface area (Å²) in [7, 11) is 0. The van der Waals surface area contributed by atoms with Crippen molar-refractivity contribution in [2.45, 2.75) is 24.5 Å². The Kier molecular flexibility index (Phi) is 2.45. The third-order valence-corrected chi connectivity index (χ3v) is 5.03. The number of halogens is 1. The van der Waals surface area contributed by atoms with Gasteiger partial charge in [0.25, 0.3) is 0 Å². The maximum Gasteiger partial charge on any atom is 0.149 e. The number of hydrogen-bond acceptors (Lipinski definition) is 2. The Morgan fingerprint density at radius 2 is 1.85 bits per heavy atom. The smallest absolute Gasteiger partial charge is 0.149 e. The highest BCUT2D eigenvalue weighted by Crippen LogP contribution is 2.57. The van der Waals surface area contributed by atoms with Gasteiger partial charge in [-0.15, -0.1) is 0 Å². The summed E-state index contributed by atoms with van der Waals surface area (Å²) in [5, 5.41) is 4.34. The number of para-hydroxylation sites is 1. The van der Waals surface area contributed by atoms with Gasteiger partial charge in [-0.25, -0.2) is 0 Å². The first kappa shape index (κ1) is 12.2. The summed E-state index contributed by atoms with van der Waals surface area (Å²) >= 11 is 6.05. The van der Waals surface area contributed by atoms with Gasteiger partial charge in [-0.05, 0) is 42.7 Å². The second-order valence-electron chi connectivity index (χ2n) is 5.71. The van der Waals surface area contributed by atoms with E-state index in [0.29, 0.717) is 0 Å². The van der Waals surface area contributed by atoms with E-state index in [-0.39, 0.29) is 11.1 Å². The molecule has 20 heavy (non-hydrogen) atoms. The highest BCUT2D eigenvalue weighted by Gasteiger charge is 2.60. The molecule has 0 saturated carbocycles. The lowest BCUT2D eigenvalue weighted by Crippen LogP contribution is -2.47. The van der Waals surface area contributed by atoms with Crippen LogP contribution in [0.1, 0.15) is 24.5 Å². The average Bonchev–Trinajstić information content (AvgIpc) is 2.89. The van der Waals surface area contributed by atoms with Crippen LogP contribution in [0.2, 0.25) is 5.02 Å². The van der Waals surface area contributed by atoms with Crippen molar-refractivity contribution in [2.24, 2.45) is 0 Å². The predicted molar refractivity (Wildman–Crippen MR) is 81.3 cm³/mol. The highest BCUT2D eigenvalue weighted by atomic mass is 35.5. The van der Waals surface area contributed by atoms with Crippen molar-refractivity contribution < 1.29 is 4.74 Å². The zero-order valence-corrected chi connectivity index (χ0v) is 12.1. The molecule has 2 nitrogen and oxygen atoms in total. The molecule has 0 amide bonds. The molecule has 0 aliphatic carbocycles. The van der Waals surface area contributed by atoms with Crippen molar-refractivity contribution in [1.82, 2.24) is 0 Å². The fourth-order valence-corrected chi connectivity index (χ4v) is 3.96. The topological polar surface area (TPSA) is 21.3 Å². The van der Waals surface area contributed by atoms with Crippen LogP contribution in [0.25, 0.3) is 0 Å². The molecule has 0 unspecified atom stereocenters. The minimum absolute atomic E-state index is 0.131. The van der Waals surface area contributed by atoms with Crippen molar-refractivity contribution in [3.63, 3.8) is 0 Å². The standard InChI is InChI=1S/C17H16ClNO/c1-16-17(10-11-20-16,12-6-8-13(18)9-7-12)14-4-2-3-5-15(14)19-16/h2-9,19H,10-11H2,1H3/t16-,17+/m0/s1. The molecular formula is C17H16ClNO. The maximum absolute atomic E-state index is 6.09. The number of hydrogen-bond donors (Lipinski definition) is 1. The summed E-state index contributed by atoms with van der Waals surface area (Å²) in [6.07, 6.45) is 0.981. The number of rotatable bonds is 1. The molecule has 2 aromatic carbocycles. The number of nitrogens with one attached hydrogen (secondary N) is 1. The van der Waals surface area contributed by atoms with Gasteiger partial charge in [-0.3, -0.25) is 0 Å². The minimum atomic E-state index is -0.384. The van der Waals surface area contributed by atoms with Gasteiger partial charge >= 0.3 is 0 Å². The van der Waals surface area contributed by atoms with Crippen molar-refractivity contribution in [1.29, 1.82) is 0 Å². The fraction of sp³-hybridized carbons (Fsp3) is 0.294. The molecule has 0 radical (unpaired) electrons. The van der Waals surface area contributed by atoms with Crippen molar-refractivity contribution in [3.05, 3.63) is 64.7 Å². The second kappa shape index (κ2) is 4.00. The van der Waals surface area contributed by atoms with Crippen molar-refractivity contribution in [2.75, 3.05) is 11.9 Å². The molecule has 0 bridgehead atoms. The van der Waals surface area contributed by atoms with E-state index < -0.39 is 0 Å². The third kappa shape index (κ3) is 1.38. The van der Waals surface area contributed by atoms with E-state index in [0.717, 1.165) is 18.1 Å². The molecule has 102 valence electrons. The largest absolute Gasteiger partial charge is 0.357 e. The Hall–Kier alpha value is -1.51. The average molecular weight is 286 g/mol. The van der Waals surface area contributed by atoms with Crippen LogP contribution in [0.15, 0.2) is 48.5 Å². The van der Waals surface area contributed by atoms with Crippen LogP contribution in [-0.4, -0.2) is 12.3 Å². The van der Waals surface area contributed by atoms with E-state index in [1.165, 1.54) is 16.8 Å². The number of ether oxygens (including phenoxy) is 1. The van der Waals surface area contributed by atoms with E-state index in [2.05, 4.69) is 48.6 Å². The summed E-state index contributed by atoms with van der Waals surface area (Å²) in [5.41, 5.74) is 3.24. The molecule has 0 aromatic heterocycles. The molecule has 0 spiro atoms. The van der Waals surface area contributed by atoms with Crippen LogP contribution in [0, 0.1) is 0 Å². The van der Waals surface area contributed by atoms with Gasteiger partial charge < -0.3 is 10.1 Å². The first-order valence-corrected chi connectivity index (χ1v) is 7.31. The van der Waals surface area contributed by atoms with E-state index in [9.17, 15) is 0 Å². The molecule has 3 heteroatoms. The first-order chi connectivity index (χ1) is 9.66. The number of fused-ring (bicyclic) bond motifs is 3. The van der Waals surface area contributed by atoms with Gasteiger partial charge in [0.2, 0.25) is 0 Å². The molecule has 2 aliphatic heterocycles. The molecule has 1 fully saturated rings. The minimum Gasteiger partial charge on any atom is -0.357 e. The Bertz CT molecular complexity index is 669. The Balaban J connectivity index is 1.99. The summed E-state index contributed by atoms with van der Waals surface area (Å²) in [6, 6.07) is 16.7. The van der Waals surface area contributed by atoms with Gasteiger partial charge in [-0.2, -0.15) is 0 Å². The molecule has 4 rings (SSSR count). The molecule has 2 heterocycles. The van der Waals surface area contributed by atoms with E-state index in [1.807, 2.05) is 12.1 Å². The van der Waals surface area contributed by atoms with Gasteiger partial charge in [0.05, 0.1) is 12.0 Å². The van der Waals surface area contributed by atoms with E-state index >= 15 is 0 Å². The molecule has 2 aromatic rings. The second-order valence-corrected chi connectivity index (χ2v) is 6.15. The third-order valence-electron chi connectivity index (χ3n) is 4.78. The van der Waals surface area contributed by atoms with Crippen LogP contribution < -0.4 is 5.32 Å². The molecule has 2 aliphatic rings. The summed E-state index contributed by atoms with van der Waals surface area (Å²) in [5.74, 6) is 0. The maximum atomic E-state index is 6.09. The summed E-state index contributed by atoms with van der Waals surface area (Å²) < 4.78 is 6.09. The predicted octanol–water partition coefficient (Wildman–Crippen LogP) is 4.19. The van der Waals surface area contributed by atoms with Crippen molar-refractivity contribution in [3.8, 4) is 0 Å². The SMILES string of the molecule is C[C@@]12Nc3ccccc3[C@]1(c1ccc(Cl)cc1)CCO2. The first-order valence-electron chi connectivity index (χ1n) is 6.93. The molecular weight excluding hydrogens is 270 g/mol. The molecule has 2 atom stereocenters. The van der Waals surface area contributed by atoms with E-state index in [1.54, 1.807) is 0 Å². The number of anilines is 1. The van der Waals surface area contributed by atoms with Crippen LogP contribution in [0.5, 0.6) is 0 Å². The molecule has 1 saturated heterocycles. The fourth-order valence-electron chi connectivity index (χ4n) is 3.84. The van der Waals surface area contributed by atoms with Crippen LogP contribution in [-0.2, 0) is 10.2 Å². The normalized spacial score (nSPS) is 30.7. The number of benzene rings is 2. The lowest BCUT2D eigenvalue weighted by molar-refractivity contribution is 0.0235. The molecule has 1 N–H and O–H groups in total. The lowest BCUT2D eigenvalue weighted by atomic mass is 9.69. The monoisotopic (exact) mass is 285 g/mol.